The summed E-state index contributed by atoms with van der Waals surface area (Å²) in [5.74, 6) is 0.699. The number of hydrogen-bond donors (Lipinski definition) is 1. The van der Waals surface area contributed by atoms with Crippen LogP contribution in [0.2, 0.25) is 0 Å². The van der Waals surface area contributed by atoms with Crippen molar-refractivity contribution in [3.8, 4) is 0 Å². The minimum atomic E-state index is 0.699. The minimum absolute atomic E-state index is 0.699. The minimum Gasteiger partial charge on any atom is -0.344 e. The summed E-state index contributed by atoms with van der Waals surface area (Å²) in [6.07, 6.45) is 1.16. The first kappa shape index (κ1) is 10.8. The molecule has 0 unspecified atom stereocenters. The Hall–Kier alpha value is -1.28. The molecule has 0 saturated heterocycles. The van der Waals surface area contributed by atoms with E-state index in [0.717, 1.165) is 26.1 Å². The molecular formula is C15H20N2. The molecule has 2 aromatic rings. The lowest BCUT2D eigenvalue weighted by molar-refractivity contribution is 0.507. The van der Waals surface area contributed by atoms with E-state index in [1.54, 1.807) is 5.69 Å². The third kappa shape index (κ3) is 1.77. The van der Waals surface area contributed by atoms with Gasteiger partial charge in [-0.25, -0.2) is 0 Å². The second-order valence-electron chi connectivity index (χ2n) is 5.37. The number of para-hydroxylation sites is 1. The first-order valence-corrected chi connectivity index (χ1v) is 6.57. The van der Waals surface area contributed by atoms with E-state index in [-0.39, 0.29) is 0 Å². The molecule has 0 saturated carbocycles. The topological polar surface area (TPSA) is 17.0 Å². The molecular weight excluding hydrogens is 208 g/mol. The number of rotatable bonds is 2. The van der Waals surface area contributed by atoms with Crippen molar-refractivity contribution < 1.29 is 0 Å². The highest BCUT2D eigenvalue weighted by Crippen LogP contribution is 2.29. The molecule has 2 nitrogen and oxygen atoms in total. The zero-order chi connectivity index (χ0) is 11.8. The van der Waals surface area contributed by atoms with Crippen LogP contribution in [-0.4, -0.2) is 11.1 Å². The van der Waals surface area contributed by atoms with Gasteiger partial charge in [-0.3, -0.25) is 0 Å². The van der Waals surface area contributed by atoms with Gasteiger partial charge in [0.05, 0.1) is 0 Å². The Kier molecular flexibility index (Phi) is 2.67. The number of hydrogen-bond acceptors (Lipinski definition) is 1. The number of nitrogens with zero attached hydrogens (tertiary/aromatic N) is 1. The molecule has 1 N–H and O–H groups in total. The van der Waals surface area contributed by atoms with Crippen LogP contribution in [0.3, 0.4) is 0 Å². The van der Waals surface area contributed by atoms with E-state index in [4.69, 9.17) is 0 Å². The van der Waals surface area contributed by atoms with Crippen LogP contribution in [0, 0.1) is 5.92 Å². The molecule has 0 fully saturated rings. The summed E-state index contributed by atoms with van der Waals surface area (Å²) in [4.78, 5) is 0. The Morgan fingerprint density at radius 1 is 1.29 bits per heavy atom. The monoisotopic (exact) mass is 228 g/mol. The van der Waals surface area contributed by atoms with Crippen molar-refractivity contribution in [2.75, 3.05) is 6.54 Å². The summed E-state index contributed by atoms with van der Waals surface area (Å²) in [5, 5.41) is 4.93. The third-order valence-electron chi connectivity index (χ3n) is 3.58. The quantitative estimate of drug-likeness (QED) is 0.836. The third-order valence-corrected chi connectivity index (χ3v) is 3.58. The van der Waals surface area contributed by atoms with Crippen LogP contribution in [0.15, 0.2) is 24.3 Å². The van der Waals surface area contributed by atoms with E-state index in [9.17, 15) is 0 Å². The van der Waals surface area contributed by atoms with Gasteiger partial charge in [0.2, 0.25) is 0 Å². The van der Waals surface area contributed by atoms with Crippen molar-refractivity contribution in [2.24, 2.45) is 5.92 Å². The zero-order valence-corrected chi connectivity index (χ0v) is 10.7. The number of nitrogens with one attached hydrogen (secondary N) is 1. The smallest absolute Gasteiger partial charge is 0.0485 e. The molecule has 17 heavy (non-hydrogen) atoms. The van der Waals surface area contributed by atoms with Gasteiger partial charge in [0.1, 0.15) is 0 Å². The fourth-order valence-corrected chi connectivity index (χ4v) is 2.90. The van der Waals surface area contributed by atoms with Crippen molar-refractivity contribution in [1.29, 1.82) is 0 Å². The van der Waals surface area contributed by atoms with Crippen LogP contribution in [0.5, 0.6) is 0 Å². The maximum Gasteiger partial charge on any atom is 0.0485 e. The number of benzene rings is 1. The van der Waals surface area contributed by atoms with Crippen LogP contribution in [0.4, 0.5) is 0 Å². The van der Waals surface area contributed by atoms with Gasteiger partial charge < -0.3 is 9.88 Å². The Morgan fingerprint density at radius 3 is 2.94 bits per heavy atom. The highest BCUT2D eigenvalue weighted by atomic mass is 15.0. The molecule has 3 rings (SSSR count). The lowest BCUT2D eigenvalue weighted by Crippen LogP contribution is -2.25. The lowest BCUT2D eigenvalue weighted by atomic mass is 10.1. The van der Waals surface area contributed by atoms with Gasteiger partial charge in [-0.1, -0.05) is 32.0 Å². The summed E-state index contributed by atoms with van der Waals surface area (Å²) >= 11 is 0. The Balaban J connectivity index is 2.23. The molecule has 0 radical (unpaired) electrons. The van der Waals surface area contributed by atoms with Crippen LogP contribution in [0.1, 0.15) is 25.1 Å². The molecule has 1 aliphatic rings. The molecule has 2 heteroatoms. The number of aromatic nitrogens is 1. The van der Waals surface area contributed by atoms with E-state index >= 15 is 0 Å². The summed E-state index contributed by atoms with van der Waals surface area (Å²) in [6, 6.07) is 8.82. The Bertz CT molecular complexity index is 537. The SMILES string of the molecule is CC(C)Cn1c2c(c3ccccc31)CNCC2. The van der Waals surface area contributed by atoms with E-state index in [2.05, 4.69) is 48.0 Å². The van der Waals surface area contributed by atoms with E-state index in [1.807, 2.05) is 0 Å². The normalized spacial score (nSPS) is 15.5. The average Bonchev–Trinajstić information content (AvgIpc) is 2.65. The van der Waals surface area contributed by atoms with Crippen molar-refractivity contribution in [1.82, 2.24) is 9.88 Å². The molecule has 0 atom stereocenters. The van der Waals surface area contributed by atoms with Gasteiger partial charge in [0.25, 0.3) is 0 Å². The maximum atomic E-state index is 3.49. The second-order valence-corrected chi connectivity index (χ2v) is 5.37. The van der Waals surface area contributed by atoms with Gasteiger partial charge in [0.15, 0.2) is 0 Å². The van der Waals surface area contributed by atoms with Crippen molar-refractivity contribution in [3.05, 3.63) is 35.5 Å². The lowest BCUT2D eigenvalue weighted by Gasteiger charge is -2.18. The first-order chi connectivity index (χ1) is 8.27. The zero-order valence-electron chi connectivity index (χ0n) is 10.7. The van der Waals surface area contributed by atoms with E-state index < -0.39 is 0 Å². The van der Waals surface area contributed by atoms with Crippen molar-refractivity contribution >= 4 is 10.9 Å². The van der Waals surface area contributed by atoms with Gasteiger partial charge in [-0.2, -0.15) is 0 Å². The highest BCUT2D eigenvalue weighted by molar-refractivity contribution is 5.85. The highest BCUT2D eigenvalue weighted by Gasteiger charge is 2.19. The van der Waals surface area contributed by atoms with Crippen molar-refractivity contribution in [2.45, 2.75) is 33.4 Å². The van der Waals surface area contributed by atoms with Crippen LogP contribution in [-0.2, 0) is 19.5 Å². The van der Waals surface area contributed by atoms with E-state index in [0.29, 0.717) is 5.92 Å². The molecule has 1 aromatic heterocycles. The summed E-state index contributed by atoms with van der Waals surface area (Å²) in [5.41, 5.74) is 4.49. The summed E-state index contributed by atoms with van der Waals surface area (Å²) in [7, 11) is 0. The van der Waals surface area contributed by atoms with E-state index in [1.165, 1.54) is 16.5 Å². The molecule has 2 heterocycles. The van der Waals surface area contributed by atoms with Gasteiger partial charge in [-0.15, -0.1) is 0 Å². The molecule has 0 aliphatic carbocycles. The standard InChI is InChI=1S/C15H20N2/c1-11(2)10-17-14-6-4-3-5-12(14)13-9-16-8-7-15(13)17/h3-6,11,16H,7-10H2,1-2H3. The Labute approximate surface area is 103 Å². The Morgan fingerprint density at radius 2 is 2.12 bits per heavy atom. The van der Waals surface area contributed by atoms with Gasteiger partial charge >= 0.3 is 0 Å². The molecule has 1 aliphatic heterocycles. The predicted molar refractivity (Wildman–Crippen MR) is 72.2 cm³/mol. The summed E-state index contributed by atoms with van der Waals surface area (Å²) < 4.78 is 2.54. The predicted octanol–water partition coefficient (Wildman–Crippen LogP) is 2.94. The number of fused-ring (bicyclic) bond motifs is 3. The summed E-state index contributed by atoms with van der Waals surface area (Å²) in [6.45, 7) is 7.86. The van der Waals surface area contributed by atoms with Gasteiger partial charge in [0, 0.05) is 42.7 Å². The van der Waals surface area contributed by atoms with Crippen LogP contribution >= 0.6 is 0 Å². The van der Waals surface area contributed by atoms with Crippen LogP contribution < -0.4 is 5.32 Å². The fourth-order valence-electron chi connectivity index (χ4n) is 2.90. The first-order valence-electron chi connectivity index (χ1n) is 6.57. The fraction of sp³-hybridized carbons (Fsp3) is 0.467. The largest absolute Gasteiger partial charge is 0.344 e. The molecule has 1 aromatic carbocycles. The van der Waals surface area contributed by atoms with Gasteiger partial charge in [-0.05, 0) is 17.5 Å². The van der Waals surface area contributed by atoms with Crippen molar-refractivity contribution in [3.63, 3.8) is 0 Å². The van der Waals surface area contributed by atoms with Crippen LogP contribution in [0.25, 0.3) is 10.9 Å². The second kappa shape index (κ2) is 4.19. The molecule has 90 valence electrons. The maximum absolute atomic E-state index is 3.49. The average molecular weight is 228 g/mol. The molecule has 0 bridgehead atoms. The molecule has 0 amide bonds. The molecule has 0 spiro atoms.